The molecule has 6 heteroatoms. The predicted octanol–water partition coefficient (Wildman–Crippen LogP) is 3.68. The van der Waals surface area contributed by atoms with Crippen LogP contribution in [-0.2, 0) is 22.6 Å². The maximum atomic E-state index is 5.85. The Kier molecular flexibility index (Phi) is 11.4. The van der Waals surface area contributed by atoms with Gasteiger partial charge in [-0.2, -0.15) is 0 Å². The molecule has 0 aliphatic rings. The van der Waals surface area contributed by atoms with E-state index in [1.807, 2.05) is 18.2 Å². The molecule has 0 bridgehead atoms. The molecule has 2 aromatic carbocycles. The van der Waals surface area contributed by atoms with Gasteiger partial charge in [0.1, 0.15) is 12.4 Å². The van der Waals surface area contributed by atoms with Gasteiger partial charge in [-0.05, 0) is 37.0 Å². The van der Waals surface area contributed by atoms with E-state index in [0.717, 1.165) is 43.3 Å². The Morgan fingerprint density at radius 3 is 2.57 bits per heavy atom. The van der Waals surface area contributed by atoms with Crippen LogP contribution in [-0.4, -0.2) is 46.5 Å². The number of nitrogens with one attached hydrogen (secondary N) is 2. The fourth-order valence-corrected chi connectivity index (χ4v) is 2.88. The number of aryl methyl sites for hydroxylation is 1. The van der Waals surface area contributed by atoms with E-state index in [4.69, 9.17) is 14.2 Å². The second-order valence-electron chi connectivity index (χ2n) is 7.05. The second kappa shape index (κ2) is 14.4. The minimum atomic E-state index is 0.534. The van der Waals surface area contributed by atoms with Crippen LogP contribution >= 0.6 is 0 Å². The normalized spacial score (nSPS) is 11.4. The van der Waals surface area contributed by atoms with Crippen molar-refractivity contribution in [1.82, 2.24) is 10.6 Å². The smallest absolute Gasteiger partial charge is 0.191 e. The van der Waals surface area contributed by atoms with E-state index < -0.39 is 0 Å². The Hall–Kier alpha value is -2.57. The van der Waals surface area contributed by atoms with Gasteiger partial charge >= 0.3 is 0 Å². The maximum Gasteiger partial charge on any atom is 0.191 e. The summed E-state index contributed by atoms with van der Waals surface area (Å²) in [4.78, 5) is 4.30. The van der Waals surface area contributed by atoms with E-state index in [2.05, 4.69) is 52.9 Å². The Balaban J connectivity index is 1.65. The van der Waals surface area contributed by atoms with Gasteiger partial charge in [0, 0.05) is 39.4 Å². The zero-order valence-corrected chi connectivity index (χ0v) is 18.4. The van der Waals surface area contributed by atoms with Gasteiger partial charge in [0.25, 0.3) is 0 Å². The number of ether oxygens (including phenoxy) is 3. The number of methoxy groups -OCH3 is 1. The molecule has 0 saturated carbocycles. The molecule has 0 spiro atoms. The molecule has 0 aliphatic heterocycles. The van der Waals surface area contributed by atoms with Crippen LogP contribution in [0.25, 0.3) is 0 Å². The molecule has 0 unspecified atom stereocenters. The first-order chi connectivity index (χ1) is 14.7. The van der Waals surface area contributed by atoms with E-state index >= 15 is 0 Å². The van der Waals surface area contributed by atoms with E-state index in [-0.39, 0.29) is 0 Å². The molecule has 2 N–H and O–H groups in total. The quantitative estimate of drug-likeness (QED) is 0.298. The van der Waals surface area contributed by atoms with E-state index in [0.29, 0.717) is 26.4 Å². The fraction of sp³-hybridized carbons (Fsp3) is 0.458. The largest absolute Gasteiger partial charge is 0.491 e. The highest BCUT2D eigenvalue weighted by Crippen LogP contribution is 2.20. The summed E-state index contributed by atoms with van der Waals surface area (Å²) in [6.07, 6.45) is 2.03. The summed E-state index contributed by atoms with van der Waals surface area (Å²) in [6, 6.07) is 16.5. The Morgan fingerprint density at radius 1 is 0.967 bits per heavy atom. The van der Waals surface area contributed by atoms with Crippen LogP contribution in [0.2, 0.25) is 0 Å². The van der Waals surface area contributed by atoms with Crippen molar-refractivity contribution in [2.45, 2.75) is 32.9 Å². The summed E-state index contributed by atoms with van der Waals surface area (Å²) in [5, 5.41) is 6.71. The lowest BCUT2D eigenvalue weighted by atomic mass is 10.1. The predicted molar refractivity (Wildman–Crippen MR) is 122 cm³/mol. The zero-order valence-electron chi connectivity index (χ0n) is 18.4. The van der Waals surface area contributed by atoms with Crippen molar-refractivity contribution >= 4 is 5.96 Å². The van der Waals surface area contributed by atoms with Gasteiger partial charge < -0.3 is 24.8 Å². The Morgan fingerprint density at radius 2 is 1.80 bits per heavy atom. The molecular formula is C24H35N3O3. The monoisotopic (exact) mass is 413 g/mol. The molecule has 0 radical (unpaired) electrons. The van der Waals surface area contributed by atoms with Crippen LogP contribution < -0.4 is 15.4 Å². The first-order valence-electron chi connectivity index (χ1n) is 10.5. The van der Waals surface area contributed by atoms with Crippen LogP contribution in [0.15, 0.2) is 53.5 Å². The molecule has 0 saturated heterocycles. The van der Waals surface area contributed by atoms with Gasteiger partial charge in [-0.1, -0.05) is 42.5 Å². The van der Waals surface area contributed by atoms with Crippen LogP contribution in [0, 0.1) is 6.92 Å². The number of hydrogen-bond acceptors (Lipinski definition) is 4. The van der Waals surface area contributed by atoms with Crippen LogP contribution in [0.4, 0.5) is 0 Å². The zero-order chi connectivity index (χ0) is 21.4. The summed E-state index contributed by atoms with van der Waals surface area (Å²) in [5.74, 6) is 1.66. The number of unbranched alkanes of at least 4 members (excludes halogenated alkanes) is 1. The highest BCUT2D eigenvalue weighted by molar-refractivity contribution is 5.79. The van der Waals surface area contributed by atoms with Gasteiger partial charge in [-0.25, -0.2) is 0 Å². The summed E-state index contributed by atoms with van der Waals surface area (Å²) >= 11 is 0. The lowest BCUT2D eigenvalue weighted by molar-refractivity contribution is 0.117. The summed E-state index contributed by atoms with van der Waals surface area (Å²) in [5.41, 5.74) is 3.47. The molecule has 2 aromatic rings. The second-order valence-corrected chi connectivity index (χ2v) is 7.05. The molecular weight excluding hydrogens is 378 g/mol. The van der Waals surface area contributed by atoms with Gasteiger partial charge in [0.05, 0.1) is 13.2 Å². The van der Waals surface area contributed by atoms with E-state index in [1.165, 1.54) is 11.1 Å². The molecule has 0 aliphatic carbocycles. The molecule has 0 atom stereocenters. The number of hydrogen-bond donors (Lipinski definition) is 2. The molecule has 6 nitrogen and oxygen atoms in total. The average Bonchev–Trinajstić information content (AvgIpc) is 2.77. The number of aliphatic imine (C=N–C) groups is 1. The van der Waals surface area contributed by atoms with Crippen molar-refractivity contribution in [1.29, 1.82) is 0 Å². The third-order valence-corrected chi connectivity index (χ3v) is 4.56. The maximum absolute atomic E-state index is 5.85. The molecule has 164 valence electrons. The molecule has 0 fully saturated rings. The van der Waals surface area contributed by atoms with Crippen LogP contribution in [0.3, 0.4) is 0 Å². The minimum absolute atomic E-state index is 0.534. The minimum Gasteiger partial charge on any atom is -0.491 e. The average molecular weight is 414 g/mol. The summed E-state index contributed by atoms with van der Waals surface area (Å²) in [6.45, 7) is 6.08. The summed E-state index contributed by atoms with van der Waals surface area (Å²) in [7, 11) is 3.45. The SMILES string of the molecule is CN=C(NCCCCOCc1ccccc1)NCc1ccc(C)cc1OCCOC. The van der Waals surface area contributed by atoms with Crippen LogP contribution in [0.5, 0.6) is 5.75 Å². The highest BCUT2D eigenvalue weighted by atomic mass is 16.5. The third kappa shape index (κ3) is 9.29. The Labute approximate surface area is 180 Å². The van der Waals surface area contributed by atoms with Crippen molar-refractivity contribution in [3.05, 3.63) is 65.2 Å². The fourth-order valence-electron chi connectivity index (χ4n) is 2.88. The van der Waals surface area contributed by atoms with Crippen molar-refractivity contribution in [2.24, 2.45) is 4.99 Å². The highest BCUT2D eigenvalue weighted by Gasteiger charge is 2.06. The number of guanidine groups is 1. The van der Waals surface area contributed by atoms with Gasteiger partial charge in [-0.3, -0.25) is 4.99 Å². The van der Waals surface area contributed by atoms with Crippen LogP contribution in [0.1, 0.15) is 29.5 Å². The Bertz CT molecular complexity index is 751. The lowest BCUT2D eigenvalue weighted by Crippen LogP contribution is -2.37. The van der Waals surface area contributed by atoms with Gasteiger partial charge in [-0.15, -0.1) is 0 Å². The number of rotatable bonds is 13. The van der Waals surface area contributed by atoms with Crippen molar-refractivity contribution in [2.75, 3.05) is 40.5 Å². The van der Waals surface area contributed by atoms with Crippen molar-refractivity contribution < 1.29 is 14.2 Å². The molecule has 0 heterocycles. The topological polar surface area (TPSA) is 64.1 Å². The van der Waals surface area contributed by atoms with Crippen molar-refractivity contribution in [3.8, 4) is 5.75 Å². The number of nitrogens with zero attached hydrogens (tertiary/aromatic N) is 1. The van der Waals surface area contributed by atoms with Crippen molar-refractivity contribution in [3.63, 3.8) is 0 Å². The molecule has 2 rings (SSSR count). The lowest BCUT2D eigenvalue weighted by Gasteiger charge is -2.15. The van der Waals surface area contributed by atoms with Gasteiger partial charge in [0.15, 0.2) is 5.96 Å². The first kappa shape index (κ1) is 23.7. The molecule has 0 amide bonds. The number of benzene rings is 2. The third-order valence-electron chi connectivity index (χ3n) is 4.56. The van der Waals surface area contributed by atoms with E-state index in [1.54, 1.807) is 14.2 Å². The summed E-state index contributed by atoms with van der Waals surface area (Å²) < 4.78 is 16.7. The van der Waals surface area contributed by atoms with Gasteiger partial charge in [0.2, 0.25) is 0 Å². The van der Waals surface area contributed by atoms with E-state index in [9.17, 15) is 0 Å². The molecule has 30 heavy (non-hydrogen) atoms. The standard InChI is InChI=1S/C24H35N3O3/c1-20-11-12-22(23(17-20)30-16-15-28-3)18-27-24(25-2)26-13-7-8-14-29-19-21-9-5-4-6-10-21/h4-6,9-12,17H,7-8,13-16,18-19H2,1-3H3,(H2,25,26,27). The first-order valence-corrected chi connectivity index (χ1v) is 10.5. The molecule has 0 aromatic heterocycles.